The molecule has 10 nitrogen and oxygen atoms in total. The molecule has 218 valence electrons. The Morgan fingerprint density at radius 2 is 1.93 bits per heavy atom. The molecule has 1 saturated carbocycles. The van der Waals surface area contributed by atoms with Crippen LogP contribution in [0.4, 0.5) is 30.6 Å². The lowest BCUT2D eigenvalue weighted by Gasteiger charge is -2.24. The van der Waals surface area contributed by atoms with E-state index in [4.69, 9.17) is 17.0 Å². The SMILES string of the molecule is CC(C)S(=O)(=O)C(=N)/C(=C\NC1CC1)Nc1nc(Nc2ccc(C3CCNCC3)cc2OC(F)(F)F)ncc1Cl. The van der Waals surface area contributed by atoms with Gasteiger partial charge in [0, 0.05) is 12.2 Å². The molecule has 2 aliphatic rings. The minimum atomic E-state index is -4.92. The summed E-state index contributed by atoms with van der Waals surface area (Å²) < 4.78 is 69.5. The molecule has 1 aromatic carbocycles. The number of rotatable bonds is 10. The van der Waals surface area contributed by atoms with Crippen molar-refractivity contribution in [1.82, 2.24) is 20.6 Å². The molecule has 1 aromatic heterocycles. The van der Waals surface area contributed by atoms with Gasteiger partial charge in [-0.2, -0.15) is 4.98 Å². The standard InChI is InChI=1S/C25H31ClF3N7O3S/c1-14(2)40(37,38)22(30)20(13-32-17-4-5-17)34-23-18(26)12-33-24(36-23)35-19-6-3-16(15-7-9-31-10-8-15)11-21(19)39-25(27,28)29/h3,6,11-15,17,30-32H,4-5,7-10H2,1-2H3,(H2,33,34,35,36)/b20-13+,30-22?. The second-order valence-corrected chi connectivity index (χ2v) is 12.7. The van der Waals surface area contributed by atoms with Gasteiger partial charge in [0.25, 0.3) is 0 Å². The van der Waals surface area contributed by atoms with Crippen LogP contribution in [-0.4, -0.2) is 54.2 Å². The molecule has 0 atom stereocenters. The molecule has 0 bridgehead atoms. The van der Waals surface area contributed by atoms with Crippen LogP contribution in [0.2, 0.25) is 5.02 Å². The van der Waals surface area contributed by atoms with Crippen molar-refractivity contribution < 1.29 is 26.3 Å². The lowest BCUT2D eigenvalue weighted by Crippen LogP contribution is -2.29. The fraction of sp³-hybridized carbons (Fsp3) is 0.480. The third kappa shape index (κ3) is 7.76. The van der Waals surface area contributed by atoms with Crippen molar-refractivity contribution in [2.24, 2.45) is 0 Å². The number of sulfone groups is 1. The average Bonchev–Trinajstić information content (AvgIpc) is 3.73. The first-order valence-corrected chi connectivity index (χ1v) is 14.7. The Hall–Kier alpha value is -3.10. The second-order valence-electron chi connectivity index (χ2n) is 9.89. The average molecular weight is 602 g/mol. The smallest absolute Gasteiger partial charge is 0.404 e. The zero-order valence-electron chi connectivity index (χ0n) is 21.9. The molecule has 1 aliphatic heterocycles. The number of hydrogen-bond donors (Lipinski definition) is 5. The highest BCUT2D eigenvalue weighted by Gasteiger charge is 2.33. The third-order valence-electron chi connectivity index (χ3n) is 6.48. The Kier molecular flexibility index (Phi) is 9.10. The van der Waals surface area contributed by atoms with Crippen LogP contribution in [0.3, 0.4) is 0 Å². The molecule has 1 aliphatic carbocycles. The van der Waals surface area contributed by atoms with Gasteiger partial charge in [-0.1, -0.05) is 17.7 Å². The maximum absolute atomic E-state index is 13.3. The number of anilines is 3. The molecule has 40 heavy (non-hydrogen) atoms. The number of nitrogens with one attached hydrogen (secondary N) is 5. The Bertz CT molecular complexity index is 1380. The van der Waals surface area contributed by atoms with Crippen LogP contribution in [0.5, 0.6) is 5.75 Å². The summed E-state index contributed by atoms with van der Waals surface area (Å²) in [6.07, 6.45) is 1.08. The van der Waals surface area contributed by atoms with Crippen LogP contribution in [0.25, 0.3) is 0 Å². The molecular weight excluding hydrogens is 571 g/mol. The topological polar surface area (TPSA) is 141 Å². The van der Waals surface area contributed by atoms with Crippen LogP contribution in [0, 0.1) is 5.41 Å². The van der Waals surface area contributed by atoms with E-state index in [9.17, 15) is 21.6 Å². The molecule has 5 N–H and O–H groups in total. The minimum Gasteiger partial charge on any atom is -0.404 e. The number of benzene rings is 1. The highest BCUT2D eigenvalue weighted by molar-refractivity contribution is 8.07. The number of ether oxygens (including phenoxy) is 1. The molecule has 4 rings (SSSR count). The van der Waals surface area contributed by atoms with Gasteiger partial charge in [0.15, 0.2) is 26.4 Å². The maximum atomic E-state index is 13.3. The quantitative estimate of drug-likeness (QED) is 0.187. The van der Waals surface area contributed by atoms with Gasteiger partial charge in [-0.3, -0.25) is 5.41 Å². The predicted molar refractivity (Wildman–Crippen MR) is 148 cm³/mol. The highest BCUT2D eigenvalue weighted by Crippen LogP contribution is 2.37. The van der Waals surface area contributed by atoms with Gasteiger partial charge < -0.3 is 26.0 Å². The second kappa shape index (κ2) is 12.2. The van der Waals surface area contributed by atoms with E-state index in [0.717, 1.165) is 44.3 Å². The molecule has 0 amide bonds. The Morgan fingerprint density at radius 1 is 1.23 bits per heavy atom. The Labute approximate surface area is 235 Å². The van der Waals surface area contributed by atoms with Crippen LogP contribution in [0.1, 0.15) is 51.0 Å². The number of nitrogens with zero attached hydrogens (tertiary/aromatic N) is 2. The monoisotopic (exact) mass is 601 g/mol. The summed E-state index contributed by atoms with van der Waals surface area (Å²) in [5, 5.41) is 18.6. The molecular formula is C25H31ClF3N7O3S. The molecule has 0 radical (unpaired) electrons. The van der Waals surface area contributed by atoms with Gasteiger partial charge >= 0.3 is 6.36 Å². The van der Waals surface area contributed by atoms with E-state index in [1.807, 2.05) is 0 Å². The summed E-state index contributed by atoms with van der Waals surface area (Å²) >= 11 is 6.26. The normalized spacial score (nSPS) is 17.0. The lowest BCUT2D eigenvalue weighted by atomic mass is 9.90. The van der Waals surface area contributed by atoms with Crippen molar-refractivity contribution in [2.75, 3.05) is 23.7 Å². The van der Waals surface area contributed by atoms with E-state index in [1.54, 1.807) is 6.07 Å². The van der Waals surface area contributed by atoms with E-state index >= 15 is 0 Å². The zero-order chi connectivity index (χ0) is 29.1. The number of hydrogen-bond acceptors (Lipinski definition) is 10. The number of piperidine rings is 1. The maximum Gasteiger partial charge on any atom is 0.573 e. The predicted octanol–water partition coefficient (Wildman–Crippen LogP) is 5.04. The van der Waals surface area contributed by atoms with Gasteiger partial charge in [-0.15, -0.1) is 13.2 Å². The van der Waals surface area contributed by atoms with Crippen LogP contribution in [-0.2, 0) is 9.84 Å². The van der Waals surface area contributed by atoms with E-state index in [2.05, 4.69) is 36.0 Å². The fourth-order valence-corrected chi connectivity index (χ4v) is 5.05. The van der Waals surface area contributed by atoms with Crippen molar-refractivity contribution >= 4 is 43.9 Å². The van der Waals surface area contributed by atoms with E-state index in [-0.39, 0.29) is 40.1 Å². The molecule has 1 saturated heterocycles. The summed E-state index contributed by atoms with van der Waals surface area (Å²) in [5.74, 6) is -0.506. The van der Waals surface area contributed by atoms with Crippen molar-refractivity contribution in [2.45, 2.75) is 63.1 Å². The van der Waals surface area contributed by atoms with Crippen LogP contribution in [0.15, 0.2) is 36.3 Å². The summed E-state index contributed by atoms with van der Waals surface area (Å²) in [4.78, 5) is 8.29. The summed E-state index contributed by atoms with van der Waals surface area (Å²) in [6, 6.07) is 4.74. The van der Waals surface area contributed by atoms with Crippen LogP contribution < -0.4 is 26.0 Å². The molecule has 2 fully saturated rings. The highest BCUT2D eigenvalue weighted by atomic mass is 35.5. The fourth-order valence-electron chi connectivity index (χ4n) is 4.02. The minimum absolute atomic E-state index is 0.00522. The Morgan fingerprint density at radius 3 is 2.55 bits per heavy atom. The number of aromatic nitrogens is 2. The molecule has 15 heteroatoms. The summed E-state index contributed by atoms with van der Waals surface area (Å²) in [7, 11) is -3.95. The zero-order valence-corrected chi connectivity index (χ0v) is 23.5. The summed E-state index contributed by atoms with van der Waals surface area (Å²) in [5.41, 5.74) is 0.623. The molecule has 0 spiro atoms. The summed E-state index contributed by atoms with van der Waals surface area (Å²) in [6.45, 7) is 4.48. The molecule has 2 aromatic rings. The largest absolute Gasteiger partial charge is 0.573 e. The van der Waals surface area contributed by atoms with E-state index < -0.39 is 32.2 Å². The van der Waals surface area contributed by atoms with Crippen molar-refractivity contribution in [3.05, 3.63) is 46.9 Å². The van der Waals surface area contributed by atoms with Crippen LogP contribution >= 0.6 is 11.6 Å². The molecule has 2 heterocycles. The molecule has 0 unspecified atom stereocenters. The third-order valence-corrected chi connectivity index (χ3v) is 8.78. The van der Waals surface area contributed by atoms with Gasteiger partial charge in [-0.05, 0) is 76.2 Å². The number of halogens is 4. The van der Waals surface area contributed by atoms with Gasteiger partial charge in [0.1, 0.15) is 5.02 Å². The van der Waals surface area contributed by atoms with Crippen molar-refractivity contribution in [3.8, 4) is 5.75 Å². The van der Waals surface area contributed by atoms with E-state index in [0.29, 0.717) is 0 Å². The first-order chi connectivity index (χ1) is 18.8. The lowest BCUT2D eigenvalue weighted by molar-refractivity contribution is -0.274. The first kappa shape index (κ1) is 29.9. The van der Waals surface area contributed by atoms with Gasteiger partial charge in [0.05, 0.1) is 22.8 Å². The first-order valence-electron chi connectivity index (χ1n) is 12.8. The Balaban J connectivity index is 1.62. The van der Waals surface area contributed by atoms with Gasteiger partial charge in [0.2, 0.25) is 5.95 Å². The van der Waals surface area contributed by atoms with Crippen molar-refractivity contribution in [1.29, 1.82) is 5.41 Å². The van der Waals surface area contributed by atoms with Gasteiger partial charge in [-0.25, -0.2) is 13.4 Å². The number of alkyl halides is 3. The van der Waals surface area contributed by atoms with E-state index in [1.165, 1.54) is 38.4 Å². The van der Waals surface area contributed by atoms with Crippen molar-refractivity contribution in [3.63, 3.8) is 0 Å².